The molecule has 0 saturated heterocycles. The molecule has 2 N–H and O–H groups in total. The molecular weight excluding hydrogens is 162 g/mol. The van der Waals surface area contributed by atoms with Crippen LogP contribution < -0.4 is 5.73 Å². The molecule has 0 amide bonds. The molecule has 1 rings (SSSR count). The first-order valence-electron chi connectivity index (χ1n) is 4.51. The van der Waals surface area contributed by atoms with Crippen LogP contribution in [0.25, 0.3) is 0 Å². The van der Waals surface area contributed by atoms with E-state index in [9.17, 15) is 0 Å². The molecule has 0 saturated carbocycles. The van der Waals surface area contributed by atoms with Crippen LogP contribution in [-0.4, -0.2) is 9.97 Å². The standard InChI is InChI=1S/C10H17N3/c1-10(2,3)4-9-12-6-8(5-11)7-13-9/h6-7H,4-5,11H2,1-3H3. The largest absolute Gasteiger partial charge is 0.326 e. The van der Waals surface area contributed by atoms with Crippen LogP contribution in [0.2, 0.25) is 0 Å². The van der Waals surface area contributed by atoms with Crippen molar-refractivity contribution in [1.29, 1.82) is 0 Å². The van der Waals surface area contributed by atoms with E-state index in [2.05, 4.69) is 30.7 Å². The lowest BCUT2D eigenvalue weighted by atomic mass is 9.92. The Morgan fingerprint density at radius 3 is 2.15 bits per heavy atom. The van der Waals surface area contributed by atoms with Crippen LogP contribution in [0.3, 0.4) is 0 Å². The molecule has 0 unspecified atom stereocenters. The average Bonchev–Trinajstić information content (AvgIpc) is 2.03. The van der Waals surface area contributed by atoms with Crippen molar-refractivity contribution in [2.75, 3.05) is 0 Å². The summed E-state index contributed by atoms with van der Waals surface area (Å²) >= 11 is 0. The maximum Gasteiger partial charge on any atom is 0.128 e. The molecular formula is C10H17N3. The zero-order valence-electron chi connectivity index (χ0n) is 8.54. The zero-order valence-corrected chi connectivity index (χ0v) is 8.54. The summed E-state index contributed by atoms with van der Waals surface area (Å²) < 4.78 is 0. The first-order valence-corrected chi connectivity index (χ1v) is 4.51. The maximum absolute atomic E-state index is 5.45. The van der Waals surface area contributed by atoms with Gasteiger partial charge in [-0.15, -0.1) is 0 Å². The minimum absolute atomic E-state index is 0.240. The highest BCUT2D eigenvalue weighted by Crippen LogP contribution is 2.17. The van der Waals surface area contributed by atoms with Crippen LogP contribution in [-0.2, 0) is 13.0 Å². The Hall–Kier alpha value is -0.960. The lowest BCUT2D eigenvalue weighted by molar-refractivity contribution is 0.400. The predicted octanol–water partition coefficient (Wildman–Crippen LogP) is 1.52. The van der Waals surface area contributed by atoms with Crippen LogP contribution in [0.15, 0.2) is 12.4 Å². The predicted molar refractivity (Wildman–Crippen MR) is 53.1 cm³/mol. The molecule has 0 fully saturated rings. The zero-order chi connectivity index (χ0) is 9.90. The van der Waals surface area contributed by atoms with Gasteiger partial charge in [-0.1, -0.05) is 20.8 Å². The van der Waals surface area contributed by atoms with E-state index >= 15 is 0 Å². The first kappa shape index (κ1) is 10.1. The number of aromatic nitrogens is 2. The van der Waals surface area contributed by atoms with Crippen molar-refractivity contribution >= 4 is 0 Å². The molecule has 3 nitrogen and oxygen atoms in total. The molecule has 3 heteroatoms. The summed E-state index contributed by atoms with van der Waals surface area (Å²) in [6.07, 6.45) is 4.50. The van der Waals surface area contributed by atoms with E-state index in [4.69, 9.17) is 5.73 Å². The Bertz CT molecular complexity index is 258. The first-order chi connectivity index (χ1) is 6.01. The fourth-order valence-electron chi connectivity index (χ4n) is 1.05. The Morgan fingerprint density at radius 1 is 1.23 bits per heavy atom. The van der Waals surface area contributed by atoms with Gasteiger partial charge in [0.05, 0.1) is 0 Å². The van der Waals surface area contributed by atoms with Gasteiger partial charge in [0.1, 0.15) is 5.82 Å². The Kier molecular flexibility index (Phi) is 2.98. The van der Waals surface area contributed by atoms with E-state index in [1.807, 2.05) is 0 Å². The van der Waals surface area contributed by atoms with Crippen LogP contribution in [0, 0.1) is 5.41 Å². The van der Waals surface area contributed by atoms with E-state index in [-0.39, 0.29) is 5.41 Å². The minimum atomic E-state index is 0.240. The second-order valence-electron chi connectivity index (χ2n) is 4.45. The van der Waals surface area contributed by atoms with Crippen molar-refractivity contribution in [3.63, 3.8) is 0 Å². The van der Waals surface area contributed by atoms with Crippen LogP contribution in [0.1, 0.15) is 32.2 Å². The molecule has 0 aromatic carbocycles. The Morgan fingerprint density at radius 2 is 1.77 bits per heavy atom. The molecule has 0 atom stereocenters. The monoisotopic (exact) mass is 179 g/mol. The third kappa shape index (κ3) is 3.51. The van der Waals surface area contributed by atoms with Crippen LogP contribution >= 0.6 is 0 Å². The lowest BCUT2D eigenvalue weighted by Crippen LogP contribution is -2.12. The van der Waals surface area contributed by atoms with Gasteiger partial charge in [-0.3, -0.25) is 0 Å². The van der Waals surface area contributed by atoms with Gasteiger partial charge in [0, 0.05) is 30.9 Å². The second kappa shape index (κ2) is 3.83. The molecule has 72 valence electrons. The quantitative estimate of drug-likeness (QED) is 0.749. The summed E-state index contributed by atoms with van der Waals surface area (Å²) in [5.41, 5.74) is 6.67. The highest BCUT2D eigenvalue weighted by atomic mass is 14.9. The van der Waals surface area contributed by atoms with E-state index in [0.29, 0.717) is 6.54 Å². The molecule has 1 aromatic rings. The van der Waals surface area contributed by atoms with Gasteiger partial charge in [0.2, 0.25) is 0 Å². The van der Waals surface area contributed by atoms with Crippen molar-refractivity contribution in [1.82, 2.24) is 9.97 Å². The van der Waals surface area contributed by atoms with E-state index in [1.54, 1.807) is 12.4 Å². The van der Waals surface area contributed by atoms with Crippen LogP contribution in [0.4, 0.5) is 0 Å². The summed E-state index contributed by atoms with van der Waals surface area (Å²) in [6.45, 7) is 7.03. The number of hydrogen-bond donors (Lipinski definition) is 1. The topological polar surface area (TPSA) is 51.8 Å². The number of rotatable bonds is 2. The molecule has 0 aliphatic rings. The van der Waals surface area contributed by atoms with Crippen molar-refractivity contribution in [2.45, 2.75) is 33.7 Å². The van der Waals surface area contributed by atoms with Crippen molar-refractivity contribution in [2.24, 2.45) is 11.1 Å². The Balaban J connectivity index is 2.70. The molecule has 0 radical (unpaired) electrons. The molecule has 13 heavy (non-hydrogen) atoms. The molecule has 1 heterocycles. The van der Waals surface area contributed by atoms with Gasteiger partial charge in [-0.05, 0) is 5.41 Å². The van der Waals surface area contributed by atoms with Gasteiger partial charge >= 0.3 is 0 Å². The summed E-state index contributed by atoms with van der Waals surface area (Å²) in [4.78, 5) is 8.49. The van der Waals surface area contributed by atoms with Gasteiger partial charge < -0.3 is 5.73 Å². The highest BCUT2D eigenvalue weighted by Gasteiger charge is 2.12. The molecule has 0 spiro atoms. The SMILES string of the molecule is CC(C)(C)Cc1ncc(CN)cn1. The number of nitrogens with zero attached hydrogens (tertiary/aromatic N) is 2. The summed E-state index contributed by atoms with van der Waals surface area (Å²) in [5.74, 6) is 0.893. The second-order valence-corrected chi connectivity index (χ2v) is 4.45. The van der Waals surface area contributed by atoms with Crippen molar-refractivity contribution < 1.29 is 0 Å². The van der Waals surface area contributed by atoms with Gasteiger partial charge in [0.25, 0.3) is 0 Å². The molecule has 0 aliphatic carbocycles. The van der Waals surface area contributed by atoms with Gasteiger partial charge in [-0.25, -0.2) is 9.97 Å². The minimum Gasteiger partial charge on any atom is -0.326 e. The van der Waals surface area contributed by atoms with Gasteiger partial charge in [-0.2, -0.15) is 0 Å². The molecule has 0 bridgehead atoms. The number of nitrogens with two attached hydrogens (primary N) is 1. The smallest absolute Gasteiger partial charge is 0.128 e. The third-order valence-electron chi connectivity index (χ3n) is 1.68. The lowest BCUT2D eigenvalue weighted by Gasteiger charge is -2.16. The summed E-state index contributed by atoms with van der Waals surface area (Å²) in [6, 6.07) is 0. The van der Waals surface area contributed by atoms with Crippen LogP contribution in [0.5, 0.6) is 0 Å². The van der Waals surface area contributed by atoms with E-state index in [1.165, 1.54) is 0 Å². The Labute approximate surface area is 79.4 Å². The average molecular weight is 179 g/mol. The van der Waals surface area contributed by atoms with E-state index < -0.39 is 0 Å². The molecule has 1 aromatic heterocycles. The molecule has 0 aliphatic heterocycles. The maximum atomic E-state index is 5.45. The normalized spacial score (nSPS) is 11.7. The van der Waals surface area contributed by atoms with Crippen molar-refractivity contribution in [3.05, 3.63) is 23.8 Å². The van der Waals surface area contributed by atoms with Crippen molar-refractivity contribution in [3.8, 4) is 0 Å². The summed E-state index contributed by atoms with van der Waals surface area (Å²) in [7, 11) is 0. The third-order valence-corrected chi connectivity index (χ3v) is 1.68. The number of hydrogen-bond acceptors (Lipinski definition) is 3. The summed E-state index contributed by atoms with van der Waals surface area (Å²) in [5, 5.41) is 0. The fraction of sp³-hybridized carbons (Fsp3) is 0.600. The fourth-order valence-corrected chi connectivity index (χ4v) is 1.05. The van der Waals surface area contributed by atoms with Gasteiger partial charge in [0.15, 0.2) is 0 Å². The highest BCUT2D eigenvalue weighted by molar-refractivity contribution is 5.05. The van der Waals surface area contributed by atoms with E-state index in [0.717, 1.165) is 17.8 Å².